The summed E-state index contributed by atoms with van der Waals surface area (Å²) in [7, 11) is 0. The zero-order valence-corrected chi connectivity index (χ0v) is 13.7. The van der Waals surface area contributed by atoms with Gasteiger partial charge in [-0.05, 0) is 13.3 Å². The van der Waals surface area contributed by atoms with Crippen LogP contribution in [0.25, 0.3) is 0 Å². The smallest absolute Gasteiger partial charge is 0.263 e. The summed E-state index contributed by atoms with van der Waals surface area (Å²) in [5.74, 6) is 0.274. The molecule has 2 aliphatic rings. The van der Waals surface area contributed by atoms with Gasteiger partial charge in [0.05, 0.1) is 19.3 Å². The molecule has 0 saturated carbocycles. The van der Waals surface area contributed by atoms with Crippen molar-refractivity contribution in [3.63, 3.8) is 0 Å². The molecule has 1 N–H and O–H groups in total. The van der Waals surface area contributed by atoms with E-state index in [1.165, 1.54) is 6.20 Å². The quantitative estimate of drug-likeness (QED) is 0.872. The number of aryl methyl sites for hydroxylation is 1. The van der Waals surface area contributed by atoms with Crippen molar-refractivity contribution in [3.8, 4) is 0 Å². The molecule has 7 nitrogen and oxygen atoms in total. The fourth-order valence-electron chi connectivity index (χ4n) is 3.51. The van der Waals surface area contributed by atoms with Gasteiger partial charge in [0.15, 0.2) is 0 Å². The summed E-state index contributed by atoms with van der Waals surface area (Å²) in [6.07, 6.45) is 3.62. The molecule has 2 aliphatic heterocycles. The first-order chi connectivity index (χ1) is 11.1. The van der Waals surface area contributed by atoms with Crippen LogP contribution < -0.4 is 5.56 Å². The van der Waals surface area contributed by atoms with Crippen molar-refractivity contribution in [3.05, 3.63) is 27.9 Å². The molecule has 23 heavy (non-hydrogen) atoms. The highest BCUT2D eigenvalue weighted by atomic mass is 16.5. The largest absolute Gasteiger partial charge is 0.378 e. The number of rotatable bonds is 3. The first-order valence-corrected chi connectivity index (χ1v) is 8.28. The predicted molar refractivity (Wildman–Crippen MR) is 85.5 cm³/mol. The van der Waals surface area contributed by atoms with Crippen LogP contribution in [0.2, 0.25) is 0 Å². The Morgan fingerprint density at radius 1 is 1.43 bits per heavy atom. The van der Waals surface area contributed by atoms with Crippen molar-refractivity contribution >= 4 is 5.91 Å². The maximum Gasteiger partial charge on any atom is 0.263 e. The van der Waals surface area contributed by atoms with Gasteiger partial charge in [0.25, 0.3) is 11.5 Å². The van der Waals surface area contributed by atoms with E-state index in [1.807, 2.05) is 0 Å². The van der Waals surface area contributed by atoms with Crippen molar-refractivity contribution in [1.29, 1.82) is 0 Å². The van der Waals surface area contributed by atoms with E-state index in [9.17, 15) is 9.59 Å². The first kappa shape index (κ1) is 16.1. The van der Waals surface area contributed by atoms with Crippen molar-refractivity contribution in [1.82, 2.24) is 19.8 Å². The molecule has 3 heterocycles. The number of nitrogens with one attached hydrogen (secondary N) is 1. The third-order valence-electron chi connectivity index (χ3n) is 4.68. The third kappa shape index (κ3) is 3.30. The normalized spacial score (nSPS) is 25.2. The van der Waals surface area contributed by atoms with E-state index in [-0.39, 0.29) is 23.1 Å². The highest BCUT2D eigenvalue weighted by molar-refractivity contribution is 5.93. The van der Waals surface area contributed by atoms with Crippen LogP contribution in [0.5, 0.6) is 0 Å². The minimum Gasteiger partial charge on any atom is -0.378 e. The lowest BCUT2D eigenvalue weighted by molar-refractivity contribution is -0.0776. The average molecular weight is 320 g/mol. The van der Waals surface area contributed by atoms with Gasteiger partial charge in [-0.15, -0.1) is 0 Å². The zero-order chi connectivity index (χ0) is 16.4. The Morgan fingerprint density at radius 2 is 2.26 bits per heavy atom. The van der Waals surface area contributed by atoms with Gasteiger partial charge in [-0.2, -0.15) is 0 Å². The van der Waals surface area contributed by atoms with E-state index >= 15 is 0 Å². The molecule has 0 aromatic carbocycles. The van der Waals surface area contributed by atoms with Crippen molar-refractivity contribution in [2.75, 3.05) is 32.8 Å². The van der Waals surface area contributed by atoms with Gasteiger partial charge >= 0.3 is 0 Å². The number of hydrogen-bond acceptors (Lipinski definition) is 5. The summed E-state index contributed by atoms with van der Waals surface area (Å²) in [6, 6.07) is 0.663. The number of carbonyl (C=O) groups excluding carboxylic acids is 1. The molecule has 2 fully saturated rings. The van der Waals surface area contributed by atoms with E-state index in [4.69, 9.17) is 4.74 Å². The maximum atomic E-state index is 12.6. The molecular weight excluding hydrogens is 296 g/mol. The maximum absolute atomic E-state index is 12.6. The molecule has 1 aromatic heterocycles. The van der Waals surface area contributed by atoms with E-state index < -0.39 is 0 Å². The Hall–Kier alpha value is -1.73. The van der Waals surface area contributed by atoms with E-state index in [1.54, 1.807) is 11.8 Å². The fourth-order valence-corrected chi connectivity index (χ4v) is 3.51. The highest BCUT2D eigenvalue weighted by Gasteiger charge is 2.37. The number of morpholine rings is 1. The van der Waals surface area contributed by atoms with Crippen molar-refractivity contribution in [2.45, 2.75) is 38.8 Å². The monoisotopic (exact) mass is 320 g/mol. The summed E-state index contributed by atoms with van der Waals surface area (Å²) in [6.45, 7) is 7.38. The number of aromatic nitrogens is 2. The Morgan fingerprint density at radius 3 is 3.00 bits per heavy atom. The summed E-state index contributed by atoms with van der Waals surface area (Å²) in [4.78, 5) is 35.4. The lowest BCUT2D eigenvalue weighted by Crippen LogP contribution is -2.62. The molecule has 2 saturated heterocycles. The van der Waals surface area contributed by atoms with Crippen molar-refractivity contribution in [2.24, 2.45) is 0 Å². The second kappa shape index (κ2) is 6.80. The Balaban J connectivity index is 1.71. The number of hydrogen-bond donors (Lipinski definition) is 1. The van der Waals surface area contributed by atoms with Crippen LogP contribution in [0.4, 0.5) is 0 Å². The van der Waals surface area contributed by atoms with Gasteiger partial charge in [0, 0.05) is 31.9 Å². The standard InChI is InChI=1S/C16H24N4O3/c1-3-4-12-9-23-10-13-8-19(5-6-20(12)13)16(22)14-7-17-11(2)18-15(14)21/h7,12-13H,3-6,8-10H2,1-2H3,(H,17,18,21)/t12-,13+/m0/s1. The minimum atomic E-state index is -0.367. The van der Waals surface area contributed by atoms with Crippen molar-refractivity contribution < 1.29 is 9.53 Å². The molecular formula is C16H24N4O3. The number of aromatic amines is 1. The summed E-state index contributed by atoms with van der Waals surface area (Å²) in [5.41, 5.74) is -0.250. The number of carbonyl (C=O) groups is 1. The van der Waals surface area contributed by atoms with E-state index in [0.29, 0.717) is 31.6 Å². The van der Waals surface area contributed by atoms with Crippen LogP contribution in [0, 0.1) is 6.92 Å². The number of fused-ring (bicyclic) bond motifs is 1. The predicted octanol–water partition coefficient (Wildman–Crippen LogP) is 0.404. The molecule has 7 heteroatoms. The number of nitrogens with zero attached hydrogens (tertiary/aromatic N) is 3. The molecule has 0 bridgehead atoms. The average Bonchev–Trinajstić information content (AvgIpc) is 2.54. The van der Waals surface area contributed by atoms with Crippen LogP contribution in [0.15, 0.2) is 11.0 Å². The lowest BCUT2D eigenvalue weighted by Gasteiger charge is -2.48. The van der Waals surface area contributed by atoms with E-state index in [0.717, 1.165) is 26.0 Å². The van der Waals surface area contributed by atoms with E-state index in [2.05, 4.69) is 21.8 Å². The zero-order valence-electron chi connectivity index (χ0n) is 13.7. The van der Waals surface area contributed by atoms with Gasteiger partial charge in [0.1, 0.15) is 11.4 Å². The fraction of sp³-hybridized carbons (Fsp3) is 0.688. The molecule has 1 aromatic rings. The van der Waals surface area contributed by atoms with Gasteiger partial charge < -0.3 is 14.6 Å². The van der Waals surface area contributed by atoms with Gasteiger partial charge in [-0.25, -0.2) is 4.98 Å². The van der Waals surface area contributed by atoms with Crippen LogP contribution in [0.3, 0.4) is 0 Å². The molecule has 126 valence electrons. The second-order valence-electron chi connectivity index (χ2n) is 6.33. The number of piperazine rings is 1. The third-order valence-corrected chi connectivity index (χ3v) is 4.68. The molecule has 0 spiro atoms. The topological polar surface area (TPSA) is 78.5 Å². The minimum absolute atomic E-state index is 0.117. The first-order valence-electron chi connectivity index (χ1n) is 8.28. The molecule has 0 radical (unpaired) electrons. The molecule has 0 aliphatic carbocycles. The molecule has 3 rings (SSSR count). The molecule has 1 amide bonds. The Bertz CT molecular complexity index is 628. The van der Waals surface area contributed by atoms with Crippen LogP contribution >= 0.6 is 0 Å². The van der Waals surface area contributed by atoms with Crippen LogP contribution in [0.1, 0.15) is 35.9 Å². The number of amides is 1. The van der Waals surface area contributed by atoms with Gasteiger partial charge in [-0.1, -0.05) is 13.3 Å². The Labute approximate surface area is 135 Å². The Kier molecular flexibility index (Phi) is 4.77. The van der Waals surface area contributed by atoms with Crippen LogP contribution in [-0.4, -0.2) is 70.6 Å². The SMILES string of the molecule is CCC[C@H]1COC[C@H]2CN(C(=O)c3cnc(C)[nH]c3=O)CCN12. The van der Waals surface area contributed by atoms with Crippen LogP contribution in [-0.2, 0) is 4.74 Å². The van der Waals surface area contributed by atoms with Gasteiger partial charge in [-0.3, -0.25) is 14.5 Å². The lowest BCUT2D eigenvalue weighted by atomic mass is 10.0. The summed E-state index contributed by atoms with van der Waals surface area (Å²) >= 11 is 0. The molecule has 0 unspecified atom stereocenters. The van der Waals surface area contributed by atoms with Gasteiger partial charge in [0.2, 0.25) is 0 Å². The molecule has 2 atom stereocenters. The number of H-pyrrole nitrogens is 1. The number of ether oxygens (including phenoxy) is 1. The second-order valence-corrected chi connectivity index (χ2v) is 6.33. The summed E-state index contributed by atoms with van der Waals surface area (Å²) in [5, 5.41) is 0. The summed E-state index contributed by atoms with van der Waals surface area (Å²) < 4.78 is 5.72. The highest BCUT2D eigenvalue weighted by Crippen LogP contribution is 2.22.